The summed E-state index contributed by atoms with van der Waals surface area (Å²) < 4.78 is 21.2. The Labute approximate surface area is 163 Å². The largest absolute Gasteiger partial charge is 0.483 e. The predicted octanol–water partition coefficient (Wildman–Crippen LogP) is 4.91. The molecular formula is C21H22FN3OS. The lowest BCUT2D eigenvalue weighted by Gasteiger charge is -2.09. The van der Waals surface area contributed by atoms with E-state index in [0.717, 1.165) is 23.8 Å². The maximum Gasteiger partial charge on any atom is 0.191 e. The number of para-hydroxylation sites is 1. The van der Waals surface area contributed by atoms with Crippen LogP contribution >= 0.6 is 11.8 Å². The zero-order valence-electron chi connectivity index (χ0n) is 15.1. The molecule has 3 aromatic rings. The third kappa shape index (κ3) is 5.44. The van der Waals surface area contributed by atoms with Crippen molar-refractivity contribution in [2.24, 2.45) is 0 Å². The van der Waals surface area contributed by atoms with Gasteiger partial charge in [-0.25, -0.2) is 4.39 Å². The molecule has 4 nitrogen and oxygen atoms in total. The van der Waals surface area contributed by atoms with Crippen molar-refractivity contribution < 1.29 is 9.13 Å². The molecule has 0 unspecified atom stereocenters. The van der Waals surface area contributed by atoms with E-state index in [1.807, 2.05) is 10.6 Å². The van der Waals surface area contributed by atoms with Crippen LogP contribution in [0.1, 0.15) is 17.8 Å². The summed E-state index contributed by atoms with van der Waals surface area (Å²) in [5.74, 6) is 1.42. The number of hydrogen-bond donors (Lipinski definition) is 0. The number of aryl methyl sites for hydroxylation is 1. The minimum absolute atomic E-state index is 0.159. The summed E-state index contributed by atoms with van der Waals surface area (Å²) in [6, 6.07) is 16.8. The van der Waals surface area contributed by atoms with Crippen LogP contribution in [0.15, 0.2) is 72.4 Å². The molecule has 0 bridgehead atoms. The fraction of sp³-hybridized carbons (Fsp3) is 0.238. The first-order valence-corrected chi connectivity index (χ1v) is 9.83. The van der Waals surface area contributed by atoms with Gasteiger partial charge >= 0.3 is 0 Å². The molecule has 0 atom stereocenters. The van der Waals surface area contributed by atoms with Gasteiger partial charge in [0.1, 0.15) is 6.61 Å². The normalized spacial score (nSPS) is 10.7. The Morgan fingerprint density at radius 1 is 1.07 bits per heavy atom. The van der Waals surface area contributed by atoms with Crippen molar-refractivity contribution in [1.82, 2.24) is 14.8 Å². The van der Waals surface area contributed by atoms with Gasteiger partial charge in [0, 0.05) is 12.3 Å². The Bertz CT molecular complexity index is 867. The van der Waals surface area contributed by atoms with Crippen LogP contribution in [-0.2, 0) is 19.6 Å². The van der Waals surface area contributed by atoms with E-state index in [0.29, 0.717) is 12.4 Å². The van der Waals surface area contributed by atoms with E-state index < -0.39 is 0 Å². The van der Waals surface area contributed by atoms with Gasteiger partial charge in [-0.15, -0.1) is 16.8 Å². The van der Waals surface area contributed by atoms with E-state index in [1.54, 1.807) is 36.0 Å². The summed E-state index contributed by atoms with van der Waals surface area (Å²) in [4.78, 5) is 0. The maximum atomic E-state index is 13.7. The van der Waals surface area contributed by atoms with Crippen molar-refractivity contribution in [3.8, 4) is 5.75 Å². The number of allylic oxidation sites excluding steroid dienone is 1. The molecular weight excluding hydrogens is 361 g/mol. The SMILES string of the molecule is C=CCn1c(COc2ccccc2F)nnc1SCCCc1ccccc1. The standard InChI is InChI=1S/C21H22FN3OS/c1-2-14-25-20(16-26-19-13-7-6-12-18(19)22)23-24-21(25)27-15-8-11-17-9-4-3-5-10-17/h2-7,9-10,12-13H,1,8,11,14-16H2. The van der Waals surface area contributed by atoms with Gasteiger partial charge in [-0.3, -0.25) is 4.57 Å². The highest BCUT2D eigenvalue weighted by atomic mass is 32.2. The Balaban J connectivity index is 1.57. The third-order valence-electron chi connectivity index (χ3n) is 3.98. The van der Waals surface area contributed by atoms with Gasteiger partial charge in [-0.05, 0) is 30.5 Å². The van der Waals surface area contributed by atoms with Gasteiger partial charge in [0.05, 0.1) is 0 Å². The highest BCUT2D eigenvalue weighted by Crippen LogP contribution is 2.21. The molecule has 0 spiro atoms. The van der Waals surface area contributed by atoms with E-state index >= 15 is 0 Å². The number of benzene rings is 2. The average molecular weight is 383 g/mol. The minimum Gasteiger partial charge on any atom is -0.483 e. The van der Waals surface area contributed by atoms with Gasteiger partial charge in [-0.1, -0.05) is 60.3 Å². The Morgan fingerprint density at radius 3 is 2.63 bits per heavy atom. The number of hydrogen-bond acceptors (Lipinski definition) is 4. The first-order valence-electron chi connectivity index (χ1n) is 8.85. The first kappa shape index (κ1) is 19.2. The monoisotopic (exact) mass is 383 g/mol. The molecule has 0 aliphatic heterocycles. The maximum absolute atomic E-state index is 13.7. The number of halogens is 1. The Hall–Kier alpha value is -2.60. The highest BCUT2D eigenvalue weighted by molar-refractivity contribution is 7.99. The zero-order chi connectivity index (χ0) is 18.9. The van der Waals surface area contributed by atoms with E-state index in [9.17, 15) is 4.39 Å². The fourth-order valence-electron chi connectivity index (χ4n) is 2.63. The molecule has 6 heteroatoms. The molecule has 0 aliphatic carbocycles. The van der Waals surface area contributed by atoms with Crippen LogP contribution < -0.4 is 4.74 Å². The summed E-state index contributed by atoms with van der Waals surface area (Å²) in [6.07, 6.45) is 3.88. The number of aromatic nitrogens is 3. The first-order chi connectivity index (χ1) is 13.3. The number of ether oxygens (including phenoxy) is 1. The smallest absolute Gasteiger partial charge is 0.191 e. The lowest BCUT2D eigenvalue weighted by atomic mass is 10.1. The molecule has 1 heterocycles. The van der Waals surface area contributed by atoms with Crippen LogP contribution in [0.5, 0.6) is 5.75 Å². The molecule has 0 fully saturated rings. The summed E-state index contributed by atoms with van der Waals surface area (Å²) in [5.41, 5.74) is 1.34. The lowest BCUT2D eigenvalue weighted by Crippen LogP contribution is -2.08. The van der Waals surface area contributed by atoms with E-state index in [4.69, 9.17) is 4.74 Å². The second kappa shape index (κ2) is 9.92. The van der Waals surface area contributed by atoms with Gasteiger partial charge < -0.3 is 4.74 Å². The summed E-state index contributed by atoms with van der Waals surface area (Å²) in [5, 5.41) is 9.31. The van der Waals surface area contributed by atoms with Gasteiger partial charge in [0.2, 0.25) is 0 Å². The van der Waals surface area contributed by atoms with Crippen molar-refractivity contribution in [2.45, 2.75) is 31.1 Å². The quantitative estimate of drug-likeness (QED) is 0.283. The minimum atomic E-state index is -0.386. The molecule has 140 valence electrons. The number of thioether (sulfide) groups is 1. The van der Waals surface area contributed by atoms with Crippen LogP contribution in [0.25, 0.3) is 0 Å². The molecule has 0 N–H and O–H groups in total. The second-order valence-corrected chi connectivity index (χ2v) is 7.02. The Kier molecular flexibility index (Phi) is 7.04. The van der Waals surface area contributed by atoms with Crippen LogP contribution in [0.3, 0.4) is 0 Å². The van der Waals surface area contributed by atoms with E-state index in [-0.39, 0.29) is 18.2 Å². The third-order valence-corrected chi connectivity index (χ3v) is 5.04. The summed E-state index contributed by atoms with van der Waals surface area (Å²) in [7, 11) is 0. The molecule has 27 heavy (non-hydrogen) atoms. The summed E-state index contributed by atoms with van der Waals surface area (Å²) >= 11 is 1.66. The van der Waals surface area contributed by atoms with E-state index in [2.05, 4.69) is 41.0 Å². The van der Waals surface area contributed by atoms with Crippen LogP contribution in [0, 0.1) is 5.82 Å². The van der Waals surface area contributed by atoms with Crippen LogP contribution in [-0.4, -0.2) is 20.5 Å². The second-order valence-electron chi connectivity index (χ2n) is 5.95. The Morgan fingerprint density at radius 2 is 1.85 bits per heavy atom. The molecule has 0 radical (unpaired) electrons. The number of nitrogens with zero attached hydrogens (tertiary/aromatic N) is 3. The average Bonchev–Trinajstić information content (AvgIpc) is 3.07. The molecule has 0 aliphatic rings. The van der Waals surface area contributed by atoms with Crippen molar-refractivity contribution in [2.75, 3.05) is 5.75 Å². The van der Waals surface area contributed by atoms with E-state index in [1.165, 1.54) is 11.6 Å². The van der Waals surface area contributed by atoms with Gasteiger partial charge in [0.15, 0.2) is 22.5 Å². The molecule has 0 saturated heterocycles. The number of rotatable bonds is 10. The van der Waals surface area contributed by atoms with Crippen LogP contribution in [0.2, 0.25) is 0 Å². The zero-order valence-corrected chi connectivity index (χ0v) is 15.9. The molecule has 2 aromatic carbocycles. The molecule has 0 saturated carbocycles. The van der Waals surface area contributed by atoms with Crippen LogP contribution in [0.4, 0.5) is 4.39 Å². The topological polar surface area (TPSA) is 39.9 Å². The summed E-state index contributed by atoms with van der Waals surface area (Å²) in [6.45, 7) is 4.55. The van der Waals surface area contributed by atoms with Gasteiger partial charge in [0.25, 0.3) is 0 Å². The van der Waals surface area contributed by atoms with Crippen molar-refractivity contribution in [3.63, 3.8) is 0 Å². The van der Waals surface area contributed by atoms with Crippen molar-refractivity contribution in [3.05, 3.63) is 84.5 Å². The fourth-order valence-corrected chi connectivity index (χ4v) is 3.54. The predicted molar refractivity (Wildman–Crippen MR) is 106 cm³/mol. The van der Waals surface area contributed by atoms with Crippen molar-refractivity contribution >= 4 is 11.8 Å². The van der Waals surface area contributed by atoms with Gasteiger partial charge in [-0.2, -0.15) is 0 Å². The lowest BCUT2D eigenvalue weighted by molar-refractivity contribution is 0.275. The molecule has 0 amide bonds. The molecule has 1 aromatic heterocycles. The van der Waals surface area contributed by atoms with Crippen molar-refractivity contribution in [1.29, 1.82) is 0 Å². The molecule has 3 rings (SSSR count). The highest BCUT2D eigenvalue weighted by Gasteiger charge is 2.13.